The molecule has 1 saturated heterocycles. The Bertz CT molecular complexity index is 656. The quantitative estimate of drug-likeness (QED) is 0.709. The topological polar surface area (TPSA) is 60.0 Å². The van der Waals surface area contributed by atoms with Crippen molar-refractivity contribution >= 4 is 5.91 Å². The maximum Gasteiger partial charge on any atom is 0.220 e. The summed E-state index contributed by atoms with van der Waals surface area (Å²) in [5.74, 6) is 1.91. The van der Waals surface area contributed by atoms with Crippen LogP contribution in [0.25, 0.3) is 0 Å². The van der Waals surface area contributed by atoms with Gasteiger partial charge in [0.2, 0.25) is 5.91 Å². The molecule has 148 valence electrons. The van der Waals surface area contributed by atoms with Crippen molar-refractivity contribution in [3.63, 3.8) is 0 Å². The van der Waals surface area contributed by atoms with Gasteiger partial charge in [-0.05, 0) is 36.5 Å². The zero-order valence-electron chi connectivity index (χ0n) is 16.3. The lowest BCUT2D eigenvalue weighted by Crippen LogP contribution is -2.44. The van der Waals surface area contributed by atoms with Gasteiger partial charge in [-0.25, -0.2) is 0 Å². The Morgan fingerprint density at radius 3 is 2.70 bits per heavy atom. The average Bonchev–Trinajstić information content (AvgIpc) is 3.21. The lowest BCUT2D eigenvalue weighted by molar-refractivity contribution is -0.122. The van der Waals surface area contributed by atoms with Crippen molar-refractivity contribution in [1.29, 1.82) is 0 Å². The molecule has 1 amide bonds. The van der Waals surface area contributed by atoms with E-state index in [1.165, 1.54) is 0 Å². The first-order chi connectivity index (χ1) is 13.2. The Morgan fingerprint density at radius 1 is 1.26 bits per heavy atom. The Hall–Kier alpha value is -2.05. The summed E-state index contributed by atoms with van der Waals surface area (Å²) in [5, 5.41) is 3.14. The molecule has 27 heavy (non-hydrogen) atoms. The minimum absolute atomic E-state index is 0.0803. The molecule has 2 atom stereocenters. The molecule has 1 aromatic carbocycles. The summed E-state index contributed by atoms with van der Waals surface area (Å²) in [6.07, 6.45) is 7.06. The largest absolute Gasteiger partial charge is 0.493 e. The number of morpholine rings is 1. The monoisotopic (exact) mass is 374 g/mol. The van der Waals surface area contributed by atoms with Crippen LogP contribution in [-0.4, -0.2) is 57.9 Å². The Morgan fingerprint density at radius 2 is 2.04 bits per heavy atom. The predicted molar refractivity (Wildman–Crippen MR) is 104 cm³/mol. The molecule has 1 N–H and O–H groups in total. The van der Waals surface area contributed by atoms with E-state index in [-0.39, 0.29) is 11.9 Å². The molecule has 6 heteroatoms. The Balaban J connectivity index is 1.70. The van der Waals surface area contributed by atoms with Gasteiger partial charge in [0.1, 0.15) is 0 Å². The Kier molecular flexibility index (Phi) is 7.12. The molecule has 0 unspecified atom stereocenters. The standard InChI is InChI=1S/C21H30N2O4/c1-25-19-8-7-17(14-20(19)26-2)18(23-9-11-27-12-10-23)15-22-21(24)13-16-5-3-4-6-16/h3,5,7-8,14,16,18H,4,6,9-13,15H2,1-2H3,(H,22,24)/t16-,18-/m0/s1. The van der Waals surface area contributed by atoms with Crippen LogP contribution in [0.3, 0.4) is 0 Å². The highest BCUT2D eigenvalue weighted by Crippen LogP contribution is 2.32. The number of nitrogens with one attached hydrogen (secondary N) is 1. The highest BCUT2D eigenvalue weighted by molar-refractivity contribution is 5.76. The van der Waals surface area contributed by atoms with Crippen molar-refractivity contribution in [3.8, 4) is 11.5 Å². The van der Waals surface area contributed by atoms with Crippen LogP contribution in [0.15, 0.2) is 30.4 Å². The molecule has 6 nitrogen and oxygen atoms in total. The van der Waals surface area contributed by atoms with Crippen molar-refractivity contribution < 1.29 is 19.0 Å². The van der Waals surface area contributed by atoms with Gasteiger partial charge >= 0.3 is 0 Å². The molecule has 2 aliphatic rings. The van der Waals surface area contributed by atoms with Crippen molar-refractivity contribution in [3.05, 3.63) is 35.9 Å². The summed E-state index contributed by atoms with van der Waals surface area (Å²) >= 11 is 0. The number of carbonyl (C=O) groups is 1. The van der Waals surface area contributed by atoms with Crippen LogP contribution in [0.1, 0.15) is 30.9 Å². The predicted octanol–water partition coefficient (Wildman–Crippen LogP) is 2.55. The zero-order chi connectivity index (χ0) is 19.1. The lowest BCUT2D eigenvalue weighted by Gasteiger charge is -2.35. The highest BCUT2D eigenvalue weighted by Gasteiger charge is 2.25. The summed E-state index contributed by atoms with van der Waals surface area (Å²) in [6.45, 7) is 3.69. The summed E-state index contributed by atoms with van der Waals surface area (Å²) in [7, 11) is 3.27. The number of allylic oxidation sites excluding steroid dienone is 2. The van der Waals surface area contributed by atoms with Gasteiger partial charge in [-0.1, -0.05) is 18.2 Å². The van der Waals surface area contributed by atoms with E-state index in [4.69, 9.17) is 14.2 Å². The number of benzene rings is 1. The third kappa shape index (κ3) is 5.23. The number of methoxy groups -OCH3 is 2. The van der Waals surface area contributed by atoms with E-state index in [2.05, 4.69) is 22.4 Å². The molecule has 0 aromatic heterocycles. The number of nitrogens with zero attached hydrogens (tertiary/aromatic N) is 1. The molecule has 3 rings (SSSR count). The van der Waals surface area contributed by atoms with Crippen LogP contribution < -0.4 is 14.8 Å². The van der Waals surface area contributed by atoms with Crippen LogP contribution in [0.4, 0.5) is 0 Å². The number of amides is 1. The molecule has 1 heterocycles. The summed E-state index contributed by atoms with van der Waals surface area (Å²) in [4.78, 5) is 14.8. The van der Waals surface area contributed by atoms with Gasteiger partial charge in [0.15, 0.2) is 11.5 Å². The third-order valence-electron chi connectivity index (χ3n) is 5.33. The molecule has 0 radical (unpaired) electrons. The molecular weight excluding hydrogens is 344 g/mol. The summed E-state index contributed by atoms with van der Waals surface area (Å²) < 4.78 is 16.3. The molecule has 0 bridgehead atoms. The number of hydrogen-bond donors (Lipinski definition) is 1. The molecule has 0 spiro atoms. The second-order valence-corrected chi connectivity index (χ2v) is 7.05. The van der Waals surface area contributed by atoms with Gasteiger partial charge in [-0.2, -0.15) is 0 Å². The van der Waals surface area contributed by atoms with Gasteiger partial charge in [-0.3, -0.25) is 9.69 Å². The Labute approximate surface area is 161 Å². The highest BCUT2D eigenvalue weighted by atomic mass is 16.5. The maximum atomic E-state index is 12.4. The first-order valence-electron chi connectivity index (χ1n) is 9.68. The first kappa shape index (κ1) is 19.7. The fraction of sp³-hybridized carbons (Fsp3) is 0.571. The van der Waals surface area contributed by atoms with Crippen LogP contribution >= 0.6 is 0 Å². The van der Waals surface area contributed by atoms with Crippen LogP contribution in [-0.2, 0) is 9.53 Å². The molecule has 0 saturated carbocycles. The molecular formula is C21H30N2O4. The number of rotatable bonds is 8. The van der Waals surface area contributed by atoms with E-state index >= 15 is 0 Å². The smallest absolute Gasteiger partial charge is 0.220 e. The minimum Gasteiger partial charge on any atom is -0.493 e. The summed E-state index contributed by atoms with van der Waals surface area (Å²) in [5.41, 5.74) is 1.11. The average molecular weight is 374 g/mol. The second-order valence-electron chi connectivity index (χ2n) is 7.05. The lowest BCUT2D eigenvalue weighted by atomic mass is 10.0. The van der Waals surface area contributed by atoms with Gasteiger partial charge in [0, 0.05) is 26.1 Å². The van der Waals surface area contributed by atoms with E-state index in [0.29, 0.717) is 43.6 Å². The van der Waals surface area contributed by atoms with Crippen LogP contribution in [0, 0.1) is 5.92 Å². The van der Waals surface area contributed by atoms with E-state index in [1.54, 1.807) is 14.2 Å². The van der Waals surface area contributed by atoms with E-state index in [0.717, 1.165) is 31.5 Å². The van der Waals surface area contributed by atoms with Gasteiger partial charge in [0.05, 0.1) is 33.5 Å². The van der Waals surface area contributed by atoms with E-state index in [1.807, 2.05) is 18.2 Å². The minimum atomic E-state index is 0.0803. The maximum absolute atomic E-state index is 12.4. The normalized spacial score (nSPS) is 21.0. The second kappa shape index (κ2) is 9.76. The van der Waals surface area contributed by atoms with Gasteiger partial charge < -0.3 is 19.5 Å². The van der Waals surface area contributed by atoms with Crippen molar-refractivity contribution in [1.82, 2.24) is 10.2 Å². The number of carbonyl (C=O) groups excluding carboxylic acids is 1. The van der Waals surface area contributed by atoms with Gasteiger partial charge in [-0.15, -0.1) is 0 Å². The molecule has 1 aromatic rings. The number of hydrogen-bond acceptors (Lipinski definition) is 5. The van der Waals surface area contributed by atoms with E-state index < -0.39 is 0 Å². The van der Waals surface area contributed by atoms with Crippen molar-refractivity contribution in [2.45, 2.75) is 25.3 Å². The molecule has 1 aliphatic heterocycles. The number of ether oxygens (including phenoxy) is 3. The van der Waals surface area contributed by atoms with Crippen molar-refractivity contribution in [2.24, 2.45) is 5.92 Å². The SMILES string of the molecule is COc1ccc([C@H](CNC(=O)C[C@H]2C=CCC2)N2CCOCC2)cc1OC. The molecule has 1 fully saturated rings. The zero-order valence-corrected chi connectivity index (χ0v) is 16.3. The molecule has 1 aliphatic carbocycles. The van der Waals surface area contributed by atoms with E-state index in [9.17, 15) is 4.79 Å². The fourth-order valence-electron chi connectivity index (χ4n) is 3.79. The van der Waals surface area contributed by atoms with Crippen molar-refractivity contribution in [2.75, 3.05) is 47.1 Å². The van der Waals surface area contributed by atoms with Crippen LogP contribution in [0.5, 0.6) is 11.5 Å². The van der Waals surface area contributed by atoms with Crippen LogP contribution in [0.2, 0.25) is 0 Å². The first-order valence-corrected chi connectivity index (χ1v) is 9.68. The summed E-state index contributed by atoms with van der Waals surface area (Å²) in [6, 6.07) is 6.06. The fourth-order valence-corrected chi connectivity index (χ4v) is 3.79. The van der Waals surface area contributed by atoms with Gasteiger partial charge in [0.25, 0.3) is 0 Å². The third-order valence-corrected chi connectivity index (χ3v) is 5.33.